The van der Waals surface area contributed by atoms with Gasteiger partial charge in [0.1, 0.15) is 0 Å². The van der Waals surface area contributed by atoms with E-state index in [1.54, 1.807) is 0 Å². The summed E-state index contributed by atoms with van der Waals surface area (Å²) in [6.45, 7) is 5.97. The van der Waals surface area contributed by atoms with Gasteiger partial charge in [0.05, 0.1) is 5.69 Å². The maximum absolute atomic E-state index is 4.56. The second kappa shape index (κ2) is 4.61. The van der Waals surface area contributed by atoms with Crippen LogP contribution >= 0.6 is 0 Å². The fourth-order valence-corrected chi connectivity index (χ4v) is 3.13. The Morgan fingerprint density at radius 1 is 1.24 bits per heavy atom. The molecule has 1 aromatic rings. The zero-order valence-electron chi connectivity index (χ0n) is 10.5. The molecule has 1 saturated heterocycles. The van der Waals surface area contributed by atoms with Gasteiger partial charge in [0.15, 0.2) is 0 Å². The maximum Gasteiger partial charge on any atom is 0.0664 e. The molecule has 2 aliphatic heterocycles. The Morgan fingerprint density at radius 2 is 2.00 bits per heavy atom. The van der Waals surface area contributed by atoms with Crippen molar-refractivity contribution >= 4 is 11.9 Å². The van der Waals surface area contributed by atoms with Crippen LogP contribution in [0.4, 0.5) is 5.69 Å². The summed E-state index contributed by atoms with van der Waals surface area (Å²) in [5, 5.41) is 0. The minimum atomic E-state index is 0.574. The summed E-state index contributed by atoms with van der Waals surface area (Å²) in [4.78, 5) is 7.11. The second-order valence-electron chi connectivity index (χ2n) is 5.13. The van der Waals surface area contributed by atoms with Crippen LogP contribution in [0, 0.1) is 5.92 Å². The fourth-order valence-electron chi connectivity index (χ4n) is 3.13. The largest absolute Gasteiger partial charge is 0.304 e. The summed E-state index contributed by atoms with van der Waals surface area (Å²) in [5.74, 6) is 1.37. The molecule has 1 aromatic carbocycles. The van der Waals surface area contributed by atoms with Crippen molar-refractivity contribution in [1.29, 1.82) is 0 Å². The second-order valence-corrected chi connectivity index (χ2v) is 5.13. The number of nitrogens with zero attached hydrogens (tertiary/aromatic N) is 2. The van der Waals surface area contributed by atoms with Gasteiger partial charge < -0.3 is 4.90 Å². The van der Waals surface area contributed by atoms with Gasteiger partial charge in [-0.1, -0.05) is 25.1 Å². The molecule has 0 aliphatic carbocycles. The van der Waals surface area contributed by atoms with E-state index < -0.39 is 0 Å². The van der Waals surface area contributed by atoms with Gasteiger partial charge in [0.2, 0.25) is 0 Å². The summed E-state index contributed by atoms with van der Waals surface area (Å²) in [6.07, 6.45) is 4.81. The van der Waals surface area contributed by atoms with Crippen molar-refractivity contribution in [3.05, 3.63) is 29.8 Å². The molecule has 1 fully saturated rings. The van der Waals surface area contributed by atoms with E-state index in [2.05, 4.69) is 47.3 Å². The number of aliphatic imine (C=N–C) groups is 1. The van der Waals surface area contributed by atoms with Gasteiger partial charge in [-0.25, -0.2) is 0 Å². The number of piperidine rings is 1. The van der Waals surface area contributed by atoms with E-state index in [9.17, 15) is 0 Å². The molecular weight excluding hydrogens is 208 g/mol. The Kier molecular flexibility index (Phi) is 2.98. The molecule has 2 heteroatoms. The standard InChI is InChI=1S/C15H20N2/c1-2-17-9-7-12(8-10-17)14-11-16-15-6-4-3-5-13(14)15/h3-6,11-12,14H,2,7-10H2,1H3. The number of para-hydroxylation sites is 1. The number of benzene rings is 1. The average molecular weight is 228 g/mol. The van der Waals surface area contributed by atoms with Crippen molar-refractivity contribution in [2.75, 3.05) is 19.6 Å². The van der Waals surface area contributed by atoms with Crippen LogP contribution in [0.3, 0.4) is 0 Å². The lowest BCUT2D eigenvalue weighted by Gasteiger charge is -2.33. The lowest BCUT2D eigenvalue weighted by atomic mass is 9.81. The summed E-state index contributed by atoms with van der Waals surface area (Å²) < 4.78 is 0. The highest BCUT2D eigenvalue weighted by Crippen LogP contribution is 2.39. The highest BCUT2D eigenvalue weighted by molar-refractivity contribution is 5.80. The lowest BCUT2D eigenvalue weighted by molar-refractivity contribution is 0.188. The zero-order valence-corrected chi connectivity index (χ0v) is 10.5. The topological polar surface area (TPSA) is 15.6 Å². The summed E-state index contributed by atoms with van der Waals surface area (Å²) in [6, 6.07) is 8.60. The smallest absolute Gasteiger partial charge is 0.0664 e. The van der Waals surface area contributed by atoms with E-state index in [0.717, 1.165) is 5.92 Å². The van der Waals surface area contributed by atoms with Crippen LogP contribution in [0.15, 0.2) is 29.3 Å². The van der Waals surface area contributed by atoms with E-state index in [-0.39, 0.29) is 0 Å². The highest BCUT2D eigenvalue weighted by atomic mass is 15.1. The predicted octanol–water partition coefficient (Wildman–Crippen LogP) is 3.22. The lowest BCUT2D eigenvalue weighted by Crippen LogP contribution is -2.35. The molecule has 0 radical (unpaired) electrons. The first-order valence-corrected chi connectivity index (χ1v) is 6.74. The molecule has 0 saturated carbocycles. The molecule has 0 spiro atoms. The Morgan fingerprint density at radius 3 is 2.76 bits per heavy atom. The van der Waals surface area contributed by atoms with E-state index in [0.29, 0.717) is 5.92 Å². The zero-order chi connectivity index (χ0) is 11.7. The quantitative estimate of drug-likeness (QED) is 0.759. The number of likely N-dealkylation sites (tertiary alicyclic amines) is 1. The van der Waals surface area contributed by atoms with Gasteiger partial charge in [-0.3, -0.25) is 4.99 Å². The summed E-state index contributed by atoms with van der Waals surface area (Å²) in [5.41, 5.74) is 2.64. The molecular formula is C15H20N2. The number of fused-ring (bicyclic) bond motifs is 1. The molecule has 2 nitrogen and oxygen atoms in total. The van der Waals surface area contributed by atoms with Gasteiger partial charge >= 0.3 is 0 Å². The van der Waals surface area contributed by atoms with Crippen LogP contribution in [0.5, 0.6) is 0 Å². The minimum Gasteiger partial charge on any atom is -0.304 e. The van der Waals surface area contributed by atoms with Crippen molar-refractivity contribution in [2.45, 2.75) is 25.7 Å². The van der Waals surface area contributed by atoms with Crippen LogP contribution in [-0.4, -0.2) is 30.7 Å². The Labute approximate surface area is 103 Å². The van der Waals surface area contributed by atoms with Crippen LogP contribution in [0.1, 0.15) is 31.2 Å². The van der Waals surface area contributed by atoms with Crippen molar-refractivity contribution in [1.82, 2.24) is 4.90 Å². The van der Waals surface area contributed by atoms with Crippen LogP contribution < -0.4 is 0 Å². The van der Waals surface area contributed by atoms with Crippen molar-refractivity contribution in [3.63, 3.8) is 0 Å². The Bertz CT molecular complexity index is 417. The molecule has 0 aromatic heterocycles. The molecule has 3 rings (SSSR count). The molecule has 2 aliphatic rings. The Balaban J connectivity index is 1.73. The predicted molar refractivity (Wildman–Crippen MR) is 72.2 cm³/mol. The number of hydrogen-bond donors (Lipinski definition) is 0. The summed E-state index contributed by atoms with van der Waals surface area (Å²) in [7, 11) is 0. The molecule has 1 unspecified atom stereocenters. The normalized spacial score (nSPS) is 25.1. The van der Waals surface area contributed by atoms with E-state index >= 15 is 0 Å². The fraction of sp³-hybridized carbons (Fsp3) is 0.533. The maximum atomic E-state index is 4.56. The van der Waals surface area contributed by atoms with Crippen molar-refractivity contribution in [3.8, 4) is 0 Å². The average Bonchev–Trinajstić information content (AvgIpc) is 2.83. The third-order valence-electron chi connectivity index (χ3n) is 4.26. The van der Waals surface area contributed by atoms with E-state index in [4.69, 9.17) is 0 Å². The molecule has 90 valence electrons. The molecule has 0 bridgehead atoms. The van der Waals surface area contributed by atoms with Crippen molar-refractivity contribution < 1.29 is 0 Å². The van der Waals surface area contributed by atoms with Crippen LogP contribution in [0.2, 0.25) is 0 Å². The molecule has 1 atom stereocenters. The van der Waals surface area contributed by atoms with Gasteiger partial charge in [-0.05, 0) is 50.0 Å². The Hall–Kier alpha value is -1.15. The van der Waals surface area contributed by atoms with Crippen LogP contribution in [0.25, 0.3) is 0 Å². The molecule has 0 N–H and O–H groups in total. The summed E-state index contributed by atoms with van der Waals surface area (Å²) >= 11 is 0. The van der Waals surface area contributed by atoms with Crippen molar-refractivity contribution in [2.24, 2.45) is 10.9 Å². The monoisotopic (exact) mass is 228 g/mol. The van der Waals surface area contributed by atoms with Gasteiger partial charge in [0.25, 0.3) is 0 Å². The minimum absolute atomic E-state index is 0.574. The van der Waals surface area contributed by atoms with Gasteiger partial charge in [-0.2, -0.15) is 0 Å². The SMILES string of the molecule is CCN1CCC(C2C=Nc3ccccc32)CC1. The van der Waals surface area contributed by atoms with Gasteiger partial charge in [-0.15, -0.1) is 0 Å². The van der Waals surface area contributed by atoms with Gasteiger partial charge in [0, 0.05) is 12.1 Å². The highest BCUT2D eigenvalue weighted by Gasteiger charge is 2.29. The van der Waals surface area contributed by atoms with E-state index in [1.165, 1.54) is 43.7 Å². The molecule has 2 heterocycles. The third-order valence-corrected chi connectivity index (χ3v) is 4.26. The first-order valence-electron chi connectivity index (χ1n) is 6.74. The first kappa shape index (κ1) is 11.0. The van der Waals surface area contributed by atoms with E-state index in [1.807, 2.05) is 0 Å². The number of rotatable bonds is 2. The first-order chi connectivity index (χ1) is 8.38. The molecule has 0 amide bonds. The molecule has 17 heavy (non-hydrogen) atoms. The third kappa shape index (κ3) is 2.02. The number of hydrogen-bond acceptors (Lipinski definition) is 2. The van der Waals surface area contributed by atoms with Crippen LogP contribution in [-0.2, 0) is 0 Å².